The molecule has 1 saturated heterocycles. The molecule has 158 valence electrons. The van der Waals surface area contributed by atoms with Gasteiger partial charge in [-0.2, -0.15) is 0 Å². The summed E-state index contributed by atoms with van der Waals surface area (Å²) >= 11 is 7.39. The van der Waals surface area contributed by atoms with Crippen LogP contribution in [0, 0.1) is 13.8 Å². The Morgan fingerprint density at radius 1 is 1.13 bits per heavy atom. The number of fused-ring (bicyclic) bond motifs is 1. The van der Waals surface area contributed by atoms with Crippen LogP contribution in [-0.4, -0.2) is 53.7 Å². The largest absolute Gasteiger partial charge is 0.475 e. The molecule has 3 heterocycles. The molecule has 1 aliphatic rings. The zero-order valence-corrected chi connectivity index (χ0v) is 18.8. The summed E-state index contributed by atoms with van der Waals surface area (Å²) in [4.78, 5) is 26.6. The van der Waals surface area contributed by atoms with Gasteiger partial charge in [0, 0.05) is 31.9 Å². The average molecular weight is 446 g/mol. The smallest absolute Gasteiger partial charge is 0.323 e. The molecule has 0 radical (unpaired) electrons. The van der Waals surface area contributed by atoms with Gasteiger partial charge in [-0.1, -0.05) is 17.7 Å². The highest BCUT2D eigenvalue weighted by molar-refractivity contribution is 7.22. The molecule has 1 fully saturated rings. The molecule has 0 unspecified atom stereocenters. The van der Waals surface area contributed by atoms with Gasteiger partial charge in [0.1, 0.15) is 10.3 Å². The van der Waals surface area contributed by atoms with Crippen LogP contribution in [0.5, 0.6) is 5.88 Å². The minimum absolute atomic E-state index is 0.202. The van der Waals surface area contributed by atoms with E-state index >= 15 is 0 Å². The summed E-state index contributed by atoms with van der Waals surface area (Å²) in [6.07, 6.45) is 0. The number of rotatable bonds is 4. The van der Waals surface area contributed by atoms with E-state index in [1.807, 2.05) is 6.92 Å². The van der Waals surface area contributed by atoms with Crippen molar-refractivity contribution in [3.8, 4) is 5.88 Å². The number of thiophene rings is 1. The number of anilines is 2. The van der Waals surface area contributed by atoms with Crippen LogP contribution in [0.25, 0.3) is 10.3 Å². The minimum atomic E-state index is -0.202. The maximum atomic E-state index is 12.9. The van der Waals surface area contributed by atoms with E-state index in [0.717, 1.165) is 13.1 Å². The lowest BCUT2D eigenvalue weighted by molar-refractivity contribution is 0.208. The number of nitrogens with one attached hydrogen (secondary N) is 1. The third kappa shape index (κ3) is 4.44. The highest BCUT2D eigenvalue weighted by atomic mass is 35.5. The fourth-order valence-electron chi connectivity index (χ4n) is 3.62. The molecule has 1 aliphatic heterocycles. The van der Waals surface area contributed by atoms with Gasteiger partial charge in [0.2, 0.25) is 0 Å². The first-order valence-electron chi connectivity index (χ1n) is 9.92. The van der Waals surface area contributed by atoms with Crippen molar-refractivity contribution in [1.29, 1.82) is 0 Å². The second kappa shape index (κ2) is 8.65. The van der Waals surface area contributed by atoms with Crippen molar-refractivity contribution in [1.82, 2.24) is 14.9 Å². The van der Waals surface area contributed by atoms with Crippen LogP contribution in [0.4, 0.5) is 16.3 Å². The van der Waals surface area contributed by atoms with E-state index in [2.05, 4.69) is 52.2 Å². The summed E-state index contributed by atoms with van der Waals surface area (Å²) in [6, 6.07) is 8.09. The van der Waals surface area contributed by atoms with E-state index in [1.54, 1.807) is 11.0 Å². The second-order valence-corrected chi connectivity index (χ2v) is 8.96. The number of aromatic nitrogens is 2. The number of aryl methyl sites for hydroxylation is 2. The van der Waals surface area contributed by atoms with Gasteiger partial charge in [-0.15, -0.1) is 11.3 Å². The highest BCUT2D eigenvalue weighted by Gasteiger charge is 2.23. The molecule has 9 heteroatoms. The molecule has 1 aromatic carbocycles. The van der Waals surface area contributed by atoms with Crippen LogP contribution in [0.3, 0.4) is 0 Å². The lowest BCUT2D eigenvalue weighted by Gasteiger charge is -2.36. The predicted octanol–water partition coefficient (Wildman–Crippen LogP) is 4.71. The van der Waals surface area contributed by atoms with E-state index in [9.17, 15) is 4.79 Å². The van der Waals surface area contributed by atoms with E-state index < -0.39 is 0 Å². The van der Waals surface area contributed by atoms with Crippen molar-refractivity contribution in [2.45, 2.75) is 20.8 Å². The number of hydrogen-bond donors (Lipinski definition) is 1. The monoisotopic (exact) mass is 445 g/mol. The van der Waals surface area contributed by atoms with Gasteiger partial charge >= 0.3 is 6.03 Å². The molecule has 4 rings (SSSR count). The Hall–Kier alpha value is -2.58. The number of halogens is 1. The topological polar surface area (TPSA) is 70.6 Å². The summed E-state index contributed by atoms with van der Waals surface area (Å²) in [5.74, 6) is 0.631. The van der Waals surface area contributed by atoms with Gasteiger partial charge in [0.15, 0.2) is 5.82 Å². The van der Waals surface area contributed by atoms with Gasteiger partial charge in [-0.05, 0) is 50.1 Å². The number of urea groups is 1. The van der Waals surface area contributed by atoms with Crippen LogP contribution >= 0.6 is 22.9 Å². The van der Waals surface area contributed by atoms with Crippen molar-refractivity contribution in [2.24, 2.45) is 0 Å². The minimum Gasteiger partial charge on any atom is -0.475 e. The number of amides is 2. The van der Waals surface area contributed by atoms with Gasteiger partial charge in [-0.3, -0.25) is 5.32 Å². The fraction of sp³-hybridized carbons (Fsp3) is 0.381. The second-order valence-electron chi connectivity index (χ2n) is 7.30. The first kappa shape index (κ1) is 20.7. The first-order valence-corrected chi connectivity index (χ1v) is 11.1. The Balaban J connectivity index is 1.45. The molecule has 1 N–H and O–H groups in total. The molecule has 0 bridgehead atoms. The predicted molar refractivity (Wildman–Crippen MR) is 122 cm³/mol. The van der Waals surface area contributed by atoms with Gasteiger partial charge in [0.05, 0.1) is 10.9 Å². The first-order chi connectivity index (χ1) is 14.4. The molecule has 0 aliphatic carbocycles. The molecule has 2 aromatic heterocycles. The standard InChI is InChI=1S/C21H24ClN5O2S/c1-4-29-19-18(24-20-16(23-19)12-17(22)30-20)25-21(28)27-7-5-26(6-8-27)15-10-13(2)9-14(3)11-15/h9-12H,4-8H2,1-3H3,(H,24,25,28). The van der Waals surface area contributed by atoms with E-state index in [0.29, 0.717) is 46.1 Å². The molecular formula is C21H24ClN5O2S. The van der Waals surface area contributed by atoms with Crippen molar-refractivity contribution in [3.63, 3.8) is 0 Å². The zero-order chi connectivity index (χ0) is 21.3. The molecule has 2 amide bonds. The maximum absolute atomic E-state index is 12.9. The van der Waals surface area contributed by atoms with Crippen molar-refractivity contribution >= 4 is 50.8 Å². The summed E-state index contributed by atoms with van der Waals surface area (Å²) in [7, 11) is 0. The molecule has 0 spiro atoms. The summed E-state index contributed by atoms with van der Waals surface area (Å²) in [6.45, 7) is 9.32. The Labute approximate surface area is 184 Å². The average Bonchev–Trinajstić information content (AvgIpc) is 3.06. The van der Waals surface area contributed by atoms with Crippen molar-refractivity contribution < 1.29 is 9.53 Å². The van der Waals surface area contributed by atoms with E-state index in [1.165, 1.54) is 28.2 Å². The molecular weight excluding hydrogens is 422 g/mol. The van der Waals surface area contributed by atoms with Crippen LogP contribution in [0.2, 0.25) is 4.34 Å². The van der Waals surface area contributed by atoms with Gasteiger partial charge < -0.3 is 14.5 Å². The van der Waals surface area contributed by atoms with E-state index in [4.69, 9.17) is 16.3 Å². The number of piperazine rings is 1. The number of hydrogen-bond acceptors (Lipinski definition) is 6. The lowest BCUT2D eigenvalue weighted by atomic mass is 10.1. The number of nitrogens with zero attached hydrogens (tertiary/aromatic N) is 4. The SMILES string of the molecule is CCOc1nc2cc(Cl)sc2nc1NC(=O)N1CCN(c2cc(C)cc(C)c2)CC1. The van der Waals surface area contributed by atoms with Crippen LogP contribution in [-0.2, 0) is 0 Å². The van der Waals surface area contributed by atoms with Crippen molar-refractivity contribution in [2.75, 3.05) is 43.0 Å². The lowest BCUT2D eigenvalue weighted by Crippen LogP contribution is -2.50. The van der Waals surface area contributed by atoms with Crippen LogP contribution in [0.1, 0.15) is 18.1 Å². The molecule has 0 saturated carbocycles. The van der Waals surface area contributed by atoms with Crippen molar-refractivity contribution in [3.05, 3.63) is 39.7 Å². The Morgan fingerprint density at radius 2 is 1.83 bits per heavy atom. The Morgan fingerprint density at radius 3 is 2.50 bits per heavy atom. The third-order valence-electron chi connectivity index (χ3n) is 4.95. The van der Waals surface area contributed by atoms with E-state index in [-0.39, 0.29) is 6.03 Å². The maximum Gasteiger partial charge on any atom is 0.323 e. The summed E-state index contributed by atoms with van der Waals surface area (Å²) < 4.78 is 6.18. The normalized spacial score (nSPS) is 14.3. The fourth-order valence-corrected chi connectivity index (χ4v) is 4.64. The highest BCUT2D eigenvalue weighted by Crippen LogP contribution is 2.31. The van der Waals surface area contributed by atoms with Gasteiger partial charge in [-0.25, -0.2) is 14.8 Å². The molecule has 3 aromatic rings. The molecule has 0 atom stereocenters. The Kier molecular flexibility index (Phi) is 5.97. The third-order valence-corrected chi connectivity index (χ3v) is 6.09. The quantitative estimate of drug-likeness (QED) is 0.629. The summed E-state index contributed by atoms with van der Waals surface area (Å²) in [5.41, 5.74) is 4.36. The van der Waals surface area contributed by atoms with Crippen LogP contribution < -0.4 is 15.0 Å². The summed E-state index contributed by atoms with van der Waals surface area (Å²) in [5, 5.41) is 2.87. The number of ether oxygens (including phenoxy) is 1. The number of carbonyl (C=O) groups is 1. The molecule has 30 heavy (non-hydrogen) atoms. The Bertz CT molecular complexity index is 1060. The van der Waals surface area contributed by atoms with Crippen LogP contribution in [0.15, 0.2) is 24.3 Å². The zero-order valence-electron chi connectivity index (χ0n) is 17.2. The number of benzene rings is 1. The number of carbonyl (C=O) groups excluding carboxylic acids is 1. The molecule has 7 nitrogen and oxygen atoms in total. The van der Waals surface area contributed by atoms with Gasteiger partial charge in [0.25, 0.3) is 5.88 Å².